The number of aliphatic imine (C=N–C) groups is 1. The van der Waals surface area contributed by atoms with Crippen molar-refractivity contribution in [3.63, 3.8) is 0 Å². The lowest BCUT2D eigenvalue weighted by Gasteiger charge is -2.23. The van der Waals surface area contributed by atoms with Gasteiger partial charge in [-0.15, -0.1) is 22.7 Å². The summed E-state index contributed by atoms with van der Waals surface area (Å²) in [5.41, 5.74) is 7.83. The number of hydrogen-bond acceptors (Lipinski definition) is 3. The Labute approximate surface area is 235 Å². The molecule has 0 unspecified atom stereocenters. The number of hydrogen-bond donors (Lipinski definition) is 0. The highest BCUT2D eigenvalue weighted by Crippen LogP contribution is 2.43. The molecule has 0 saturated carbocycles. The van der Waals surface area contributed by atoms with Crippen molar-refractivity contribution in [2.45, 2.75) is 118 Å². The van der Waals surface area contributed by atoms with Gasteiger partial charge in [0, 0.05) is 43.3 Å². The van der Waals surface area contributed by atoms with Gasteiger partial charge in [0.05, 0.1) is 5.71 Å². The van der Waals surface area contributed by atoms with Crippen LogP contribution in [0.1, 0.15) is 123 Å². The van der Waals surface area contributed by atoms with E-state index in [1.165, 1.54) is 95.5 Å². The zero-order chi connectivity index (χ0) is 27.0. The molecular formula is C34H49NS2. The van der Waals surface area contributed by atoms with Crippen molar-refractivity contribution in [1.29, 1.82) is 0 Å². The van der Waals surface area contributed by atoms with Crippen molar-refractivity contribution in [2.24, 2.45) is 4.99 Å². The van der Waals surface area contributed by atoms with Gasteiger partial charge in [-0.1, -0.05) is 91.9 Å². The summed E-state index contributed by atoms with van der Waals surface area (Å²) in [6, 6.07) is 4.88. The van der Waals surface area contributed by atoms with E-state index in [1.807, 2.05) is 29.7 Å². The highest BCUT2D eigenvalue weighted by Gasteiger charge is 2.28. The van der Waals surface area contributed by atoms with Gasteiger partial charge >= 0.3 is 0 Å². The molecular weight excluding hydrogens is 487 g/mol. The fraction of sp³-hybridized carbons (Fsp3) is 0.559. The average molecular weight is 536 g/mol. The molecule has 0 bridgehead atoms. The van der Waals surface area contributed by atoms with E-state index >= 15 is 0 Å². The fourth-order valence-corrected chi connectivity index (χ4v) is 7.72. The molecule has 1 aliphatic carbocycles. The predicted molar refractivity (Wildman–Crippen MR) is 171 cm³/mol. The summed E-state index contributed by atoms with van der Waals surface area (Å²) >= 11 is 3.90. The van der Waals surface area contributed by atoms with Crippen molar-refractivity contribution >= 4 is 39.5 Å². The summed E-state index contributed by atoms with van der Waals surface area (Å²) in [7, 11) is 1.92. The predicted octanol–water partition coefficient (Wildman–Crippen LogP) is 11.2. The van der Waals surface area contributed by atoms with E-state index in [0.717, 1.165) is 17.7 Å². The molecule has 2 aromatic rings. The second-order valence-corrected chi connectivity index (χ2v) is 13.5. The van der Waals surface area contributed by atoms with E-state index in [-0.39, 0.29) is 5.41 Å². The highest BCUT2D eigenvalue weighted by atomic mass is 32.1. The van der Waals surface area contributed by atoms with Gasteiger partial charge in [-0.2, -0.15) is 0 Å². The maximum Gasteiger partial charge on any atom is 0.0730 e. The van der Waals surface area contributed by atoms with Crippen LogP contribution in [0.25, 0.3) is 11.1 Å². The maximum atomic E-state index is 4.79. The minimum absolute atomic E-state index is 0.196. The Hall–Kier alpha value is -1.71. The Morgan fingerprint density at radius 3 is 1.95 bits per heavy atom. The zero-order valence-corrected chi connectivity index (χ0v) is 26.2. The number of unbranched alkanes of at least 4 members (excludes halogenated alkanes) is 6. The number of aryl methyl sites for hydroxylation is 3. The molecule has 1 aliphatic rings. The molecule has 0 spiro atoms. The van der Waals surface area contributed by atoms with Crippen molar-refractivity contribution in [3.8, 4) is 0 Å². The van der Waals surface area contributed by atoms with Crippen molar-refractivity contribution in [3.05, 3.63) is 67.1 Å². The Morgan fingerprint density at radius 1 is 0.784 bits per heavy atom. The average Bonchev–Trinajstić information content (AvgIpc) is 3.48. The number of allylic oxidation sites excluding steroid dienone is 5. The first kappa shape index (κ1) is 29.8. The lowest BCUT2D eigenvalue weighted by molar-refractivity contribution is 0.510. The minimum Gasteiger partial charge on any atom is -0.287 e. The van der Waals surface area contributed by atoms with Gasteiger partial charge in [0.15, 0.2) is 0 Å². The van der Waals surface area contributed by atoms with E-state index < -0.39 is 0 Å². The van der Waals surface area contributed by atoms with Gasteiger partial charge in [0.2, 0.25) is 0 Å². The number of rotatable bonds is 14. The van der Waals surface area contributed by atoms with Crippen LogP contribution >= 0.6 is 22.7 Å². The lowest BCUT2D eigenvalue weighted by Crippen LogP contribution is -2.15. The third-order valence-electron chi connectivity index (χ3n) is 7.96. The molecule has 0 saturated heterocycles. The zero-order valence-electron chi connectivity index (χ0n) is 24.6. The summed E-state index contributed by atoms with van der Waals surface area (Å²) in [6.45, 7) is 18.5. The molecule has 1 nitrogen and oxygen atoms in total. The van der Waals surface area contributed by atoms with Gasteiger partial charge in [0.25, 0.3) is 0 Å². The fourth-order valence-electron chi connectivity index (χ4n) is 5.19. The molecule has 3 rings (SSSR count). The molecule has 0 fully saturated rings. The van der Waals surface area contributed by atoms with E-state index in [0.29, 0.717) is 0 Å². The van der Waals surface area contributed by atoms with Crippen LogP contribution < -0.4 is 0 Å². The van der Waals surface area contributed by atoms with Gasteiger partial charge in [-0.05, 0) is 67.7 Å². The quantitative estimate of drug-likeness (QED) is 0.213. The Kier molecular flexibility index (Phi) is 11.2. The van der Waals surface area contributed by atoms with Crippen molar-refractivity contribution in [1.82, 2.24) is 0 Å². The van der Waals surface area contributed by atoms with Crippen molar-refractivity contribution in [2.75, 3.05) is 7.05 Å². The van der Waals surface area contributed by atoms with Crippen molar-refractivity contribution < 1.29 is 0 Å². The van der Waals surface area contributed by atoms with Crippen LogP contribution in [-0.2, 0) is 18.3 Å². The van der Waals surface area contributed by atoms with Gasteiger partial charge in [-0.25, -0.2) is 0 Å². The van der Waals surface area contributed by atoms with Crippen LogP contribution in [0.2, 0.25) is 0 Å². The normalized spacial score (nSPS) is 15.4. The first-order chi connectivity index (χ1) is 17.8. The summed E-state index contributed by atoms with van der Waals surface area (Å²) in [6.07, 6.45) is 18.6. The third-order valence-corrected chi connectivity index (χ3v) is 10.7. The molecule has 0 aromatic carbocycles. The molecule has 202 valence electrons. The molecule has 2 heterocycles. The van der Waals surface area contributed by atoms with Crippen LogP contribution in [0.4, 0.5) is 0 Å². The second-order valence-electron chi connectivity index (χ2n) is 11.2. The van der Waals surface area contributed by atoms with E-state index in [2.05, 4.69) is 72.4 Å². The summed E-state index contributed by atoms with van der Waals surface area (Å²) in [5.74, 6) is 0. The van der Waals surface area contributed by atoms with Crippen LogP contribution in [-0.4, -0.2) is 12.8 Å². The Bertz CT molecular complexity index is 1150. The van der Waals surface area contributed by atoms with E-state index in [9.17, 15) is 0 Å². The van der Waals surface area contributed by atoms with Gasteiger partial charge in [-0.3, -0.25) is 4.99 Å². The Morgan fingerprint density at radius 2 is 1.35 bits per heavy atom. The molecule has 0 amide bonds. The first-order valence-corrected chi connectivity index (χ1v) is 16.2. The molecule has 2 aromatic heterocycles. The third kappa shape index (κ3) is 7.24. The number of thiophene rings is 2. The SMILES string of the molecule is C=C1C(c2cc(CCCCCC)c(C)s2)=CC=C(c2cc(CCCCCC)c(C(C)(C)CC)s2)/C1=N/C. The first-order valence-electron chi connectivity index (χ1n) is 14.6. The topological polar surface area (TPSA) is 12.4 Å². The van der Waals surface area contributed by atoms with Gasteiger partial charge in [0.1, 0.15) is 0 Å². The van der Waals surface area contributed by atoms with Crippen LogP contribution in [0, 0.1) is 6.92 Å². The highest BCUT2D eigenvalue weighted by molar-refractivity contribution is 7.14. The van der Waals surface area contributed by atoms with E-state index in [4.69, 9.17) is 4.99 Å². The minimum atomic E-state index is 0.196. The van der Waals surface area contributed by atoms with Crippen LogP contribution in [0.15, 0.2) is 41.4 Å². The molecule has 0 aliphatic heterocycles. The largest absolute Gasteiger partial charge is 0.287 e. The molecule has 0 radical (unpaired) electrons. The summed E-state index contributed by atoms with van der Waals surface area (Å²) < 4.78 is 0. The molecule has 37 heavy (non-hydrogen) atoms. The maximum absolute atomic E-state index is 4.79. The number of nitrogens with zero attached hydrogens (tertiary/aromatic N) is 1. The molecule has 3 heteroatoms. The molecule has 0 atom stereocenters. The lowest BCUT2D eigenvalue weighted by atomic mass is 9.85. The monoisotopic (exact) mass is 535 g/mol. The smallest absolute Gasteiger partial charge is 0.0730 e. The standard InChI is InChI=1S/C34H49NS2/c1-9-12-14-16-18-26-22-30(36-25(26)5)28-20-21-29(32(35-8)24(28)4)31-23-27(19-17-15-13-10-2)33(37-31)34(6,7)11-3/h20-23H,4,9-19H2,1-3,5-8H3/b35-32+. The van der Waals surface area contributed by atoms with E-state index in [1.54, 1.807) is 10.4 Å². The molecule has 0 N–H and O–H groups in total. The second kappa shape index (κ2) is 13.9. The van der Waals surface area contributed by atoms with Gasteiger partial charge < -0.3 is 0 Å². The summed E-state index contributed by atoms with van der Waals surface area (Å²) in [4.78, 5) is 10.5. The summed E-state index contributed by atoms with van der Waals surface area (Å²) in [5, 5.41) is 0. The Balaban J connectivity index is 1.93. The van der Waals surface area contributed by atoms with Crippen LogP contribution in [0.5, 0.6) is 0 Å². The van der Waals surface area contributed by atoms with Crippen LogP contribution in [0.3, 0.4) is 0 Å².